The number of carbonyl (C=O) groups excluding carboxylic acids is 2. The molecule has 0 bridgehead atoms. The summed E-state index contributed by atoms with van der Waals surface area (Å²) in [5, 5.41) is 2.69. The fraction of sp³-hybridized carbons (Fsp3) is 0.267. The molecule has 0 spiro atoms. The van der Waals surface area contributed by atoms with Crippen molar-refractivity contribution in [2.24, 2.45) is 0 Å². The van der Waals surface area contributed by atoms with Crippen molar-refractivity contribution in [3.05, 3.63) is 47.9 Å². The van der Waals surface area contributed by atoms with E-state index in [1.54, 1.807) is 0 Å². The molecule has 0 aliphatic heterocycles. The smallest absolute Gasteiger partial charge is 0.330 e. The van der Waals surface area contributed by atoms with Crippen molar-refractivity contribution in [1.82, 2.24) is 14.7 Å². The van der Waals surface area contributed by atoms with Gasteiger partial charge in [-0.15, -0.1) is 0 Å². The molecule has 0 aromatic carbocycles. The maximum Gasteiger partial charge on any atom is 0.330 e. The largest absolute Gasteiger partial charge is 0.466 e. The Morgan fingerprint density at radius 3 is 3.00 bits per heavy atom. The second-order valence-electron chi connectivity index (χ2n) is 4.56. The Balaban J connectivity index is 1.91. The zero-order valence-corrected chi connectivity index (χ0v) is 12.0. The average molecular weight is 287 g/mol. The third-order valence-electron chi connectivity index (χ3n) is 2.94. The molecule has 0 saturated heterocycles. The van der Waals surface area contributed by atoms with Gasteiger partial charge in [0, 0.05) is 25.0 Å². The molecule has 0 aliphatic rings. The van der Waals surface area contributed by atoms with Gasteiger partial charge < -0.3 is 14.5 Å². The van der Waals surface area contributed by atoms with Gasteiger partial charge in [-0.05, 0) is 18.6 Å². The maximum absolute atomic E-state index is 11.8. The van der Waals surface area contributed by atoms with E-state index in [0.717, 1.165) is 11.2 Å². The second kappa shape index (κ2) is 6.69. The summed E-state index contributed by atoms with van der Waals surface area (Å²) in [5.74, 6) is -0.592. The minimum atomic E-state index is -0.444. The number of nitrogens with zero attached hydrogens (tertiary/aromatic N) is 2. The predicted molar refractivity (Wildman–Crippen MR) is 77.8 cm³/mol. The van der Waals surface area contributed by atoms with Crippen molar-refractivity contribution in [2.75, 3.05) is 13.7 Å². The lowest BCUT2D eigenvalue weighted by atomic mass is 10.3. The third kappa shape index (κ3) is 3.92. The zero-order chi connectivity index (χ0) is 15.2. The number of amides is 1. The normalized spacial score (nSPS) is 11.0. The number of aryl methyl sites for hydroxylation is 1. The Kier molecular flexibility index (Phi) is 4.71. The van der Waals surface area contributed by atoms with E-state index in [1.165, 1.54) is 19.3 Å². The van der Waals surface area contributed by atoms with Crippen LogP contribution < -0.4 is 5.32 Å². The van der Waals surface area contributed by atoms with Gasteiger partial charge in [-0.3, -0.25) is 4.79 Å². The van der Waals surface area contributed by atoms with Gasteiger partial charge in [0.2, 0.25) is 5.91 Å². The van der Waals surface area contributed by atoms with Gasteiger partial charge in [-0.2, -0.15) is 0 Å². The molecule has 110 valence electrons. The van der Waals surface area contributed by atoms with Gasteiger partial charge in [-0.1, -0.05) is 12.1 Å². The van der Waals surface area contributed by atoms with E-state index >= 15 is 0 Å². The number of fused-ring (bicyclic) bond motifs is 1. The summed E-state index contributed by atoms with van der Waals surface area (Å²) in [6.07, 6.45) is 6.75. The monoisotopic (exact) mass is 287 g/mol. The van der Waals surface area contributed by atoms with Crippen LogP contribution in [0.5, 0.6) is 0 Å². The molecule has 0 unspecified atom stereocenters. The van der Waals surface area contributed by atoms with Crippen LogP contribution in [-0.2, 0) is 20.7 Å². The number of carbonyl (C=O) groups is 2. The van der Waals surface area contributed by atoms with Crippen LogP contribution >= 0.6 is 0 Å². The molecular formula is C15H17N3O3. The van der Waals surface area contributed by atoms with Crippen molar-refractivity contribution < 1.29 is 14.3 Å². The van der Waals surface area contributed by atoms with E-state index in [4.69, 9.17) is 0 Å². The van der Waals surface area contributed by atoms with Crippen LogP contribution in [-0.4, -0.2) is 34.9 Å². The molecule has 2 aromatic heterocycles. The number of imidazole rings is 1. The van der Waals surface area contributed by atoms with Crippen LogP contribution in [0.15, 0.2) is 36.7 Å². The van der Waals surface area contributed by atoms with Crippen LogP contribution in [0.25, 0.3) is 5.65 Å². The second-order valence-corrected chi connectivity index (χ2v) is 4.56. The van der Waals surface area contributed by atoms with Gasteiger partial charge in [-0.25, -0.2) is 9.78 Å². The van der Waals surface area contributed by atoms with Crippen LogP contribution in [0.1, 0.15) is 11.3 Å². The highest BCUT2D eigenvalue weighted by Crippen LogP contribution is 2.10. The lowest BCUT2D eigenvalue weighted by Crippen LogP contribution is -2.25. The zero-order valence-electron chi connectivity index (χ0n) is 12.0. The topological polar surface area (TPSA) is 72.7 Å². The lowest BCUT2D eigenvalue weighted by molar-refractivity contribution is -0.134. The van der Waals surface area contributed by atoms with Crippen molar-refractivity contribution in [3.8, 4) is 0 Å². The average Bonchev–Trinajstić information content (AvgIpc) is 2.87. The molecule has 6 heteroatoms. The molecular weight excluding hydrogens is 270 g/mol. The van der Waals surface area contributed by atoms with Crippen molar-refractivity contribution in [1.29, 1.82) is 0 Å². The summed E-state index contributed by atoms with van der Waals surface area (Å²) in [6.45, 7) is 2.25. The van der Waals surface area contributed by atoms with Crippen LogP contribution in [0.3, 0.4) is 0 Å². The number of hydrogen-bond acceptors (Lipinski definition) is 4. The number of hydrogen-bond donors (Lipinski definition) is 1. The number of esters is 1. The highest BCUT2D eigenvalue weighted by molar-refractivity contribution is 5.82. The molecule has 21 heavy (non-hydrogen) atoms. The van der Waals surface area contributed by atoms with Gasteiger partial charge in [0.25, 0.3) is 0 Å². The quantitative estimate of drug-likeness (QED) is 0.658. The Hall–Kier alpha value is -2.63. The minimum Gasteiger partial charge on any atom is -0.466 e. The Morgan fingerprint density at radius 2 is 2.29 bits per heavy atom. The summed E-state index contributed by atoms with van der Waals surface area (Å²) >= 11 is 0. The lowest BCUT2D eigenvalue weighted by Gasteiger charge is -1.99. The Morgan fingerprint density at radius 1 is 1.48 bits per heavy atom. The number of pyridine rings is 1. The summed E-state index contributed by atoms with van der Waals surface area (Å²) in [6, 6.07) is 3.91. The SMILES string of the molecule is COC(=O)/C=C/CNC(=O)Cc1cn2cccc(C)c2n1. The molecule has 0 saturated carbocycles. The minimum absolute atomic E-state index is 0.148. The number of nitrogens with one attached hydrogen (secondary N) is 1. The molecule has 2 aromatic rings. The maximum atomic E-state index is 11.8. The van der Waals surface area contributed by atoms with E-state index in [0.29, 0.717) is 5.69 Å². The summed E-state index contributed by atoms with van der Waals surface area (Å²) in [5.41, 5.74) is 2.62. The van der Waals surface area contributed by atoms with Crippen molar-refractivity contribution in [2.45, 2.75) is 13.3 Å². The first-order chi connectivity index (χ1) is 10.1. The molecule has 2 heterocycles. The molecule has 0 aliphatic carbocycles. The van der Waals surface area contributed by atoms with E-state index in [2.05, 4.69) is 15.0 Å². The van der Waals surface area contributed by atoms with Gasteiger partial charge in [0.1, 0.15) is 5.65 Å². The first-order valence-electron chi connectivity index (χ1n) is 6.54. The highest BCUT2D eigenvalue weighted by atomic mass is 16.5. The van der Waals surface area contributed by atoms with Crippen molar-refractivity contribution >= 4 is 17.5 Å². The standard InChI is InChI=1S/C15H17N3O3/c1-11-5-4-8-18-10-12(17-15(11)18)9-13(19)16-7-3-6-14(20)21-2/h3-6,8,10H,7,9H2,1-2H3,(H,16,19)/b6-3+. The van der Waals surface area contributed by atoms with E-state index in [-0.39, 0.29) is 18.9 Å². The number of rotatable bonds is 5. The molecule has 6 nitrogen and oxygen atoms in total. The van der Waals surface area contributed by atoms with Gasteiger partial charge >= 0.3 is 5.97 Å². The molecule has 1 N–H and O–H groups in total. The van der Waals surface area contributed by atoms with E-state index in [1.807, 2.05) is 35.9 Å². The molecule has 0 atom stereocenters. The number of methoxy groups -OCH3 is 1. The number of aromatic nitrogens is 2. The van der Waals surface area contributed by atoms with Crippen LogP contribution in [0.2, 0.25) is 0 Å². The first kappa shape index (κ1) is 14.8. The van der Waals surface area contributed by atoms with Crippen LogP contribution in [0, 0.1) is 6.92 Å². The Labute approximate surface area is 122 Å². The number of ether oxygens (including phenoxy) is 1. The first-order valence-corrected chi connectivity index (χ1v) is 6.54. The summed E-state index contributed by atoms with van der Waals surface area (Å²) in [4.78, 5) is 27.1. The fourth-order valence-electron chi connectivity index (χ4n) is 1.91. The molecule has 0 fully saturated rings. The fourth-order valence-corrected chi connectivity index (χ4v) is 1.91. The predicted octanol–water partition coefficient (Wildman–Crippen LogP) is 1.03. The Bertz CT molecular complexity index is 689. The van der Waals surface area contributed by atoms with Crippen molar-refractivity contribution in [3.63, 3.8) is 0 Å². The van der Waals surface area contributed by atoms with Crippen LogP contribution in [0.4, 0.5) is 0 Å². The summed E-state index contributed by atoms with van der Waals surface area (Å²) in [7, 11) is 1.30. The summed E-state index contributed by atoms with van der Waals surface area (Å²) < 4.78 is 6.34. The molecule has 0 radical (unpaired) electrons. The van der Waals surface area contributed by atoms with E-state index in [9.17, 15) is 9.59 Å². The molecule has 1 amide bonds. The van der Waals surface area contributed by atoms with E-state index < -0.39 is 5.97 Å². The molecule has 2 rings (SSSR count). The van der Waals surface area contributed by atoms with Gasteiger partial charge in [0.05, 0.1) is 19.2 Å². The third-order valence-corrected chi connectivity index (χ3v) is 2.94. The van der Waals surface area contributed by atoms with Gasteiger partial charge in [0.15, 0.2) is 0 Å². The highest BCUT2D eigenvalue weighted by Gasteiger charge is 2.07.